The van der Waals surface area contributed by atoms with Crippen molar-refractivity contribution in [2.24, 2.45) is 5.92 Å². The highest BCUT2D eigenvalue weighted by Gasteiger charge is 2.35. The highest BCUT2D eigenvalue weighted by atomic mass is 35.5. The van der Waals surface area contributed by atoms with E-state index in [1.54, 1.807) is 54.6 Å². The lowest BCUT2D eigenvalue weighted by atomic mass is 10.0. The van der Waals surface area contributed by atoms with Crippen molar-refractivity contribution < 1.29 is 24.3 Å². The normalized spacial score (nSPS) is 15.6. The van der Waals surface area contributed by atoms with Crippen molar-refractivity contribution in [1.82, 2.24) is 10.2 Å². The molecule has 1 saturated heterocycles. The van der Waals surface area contributed by atoms with Crippen LogP contribution in [0.2, 0.25) is 5.02 Å². The summed E-state index contributed by atoms with van der Waals surface area (Å²) in [4.78, 5) is 54.8. The van der Waals surface area contributed by atoms with Gasteiger partial charge in [0.05, 0.1) is 23.8 Å². The molecule has 0 radical (unpaired) electrons. The molecule has 3 aromatic carbocycles. The number of hydrogen-bond acceptors (Lipinski definition) is 5. The summed E-state index contributed by atoms with van der Waals surface area (Å²) in [6.07, 6.45) is 1.63. The molecule has 3 aromatic rings. The Morgan fingerprint density at radius 3 is 2.24 bits per heavy atom. The maximum absolute atomic E-state index is 13.4. The molecule has 1 saturated carbocycles. The van der Waals surface area contributed by atoms with Gasteiger partial charge < -0.3 is 25.5 Å². The Hall–Kier alpha value is -4.37. The molecule has 218 valence electrons. The van der Waals surface area contributed by atoms with Crippen LogP contribution in [0, 0.1) is 12.8 Å². The monoisotopic (exact) mass is 588 g/mol. The van der Waals surface area contributed by atoms with Crippen molar-refractivity contribution in [3.05, 3.63) is 94.0 Å². The number of nitrogens with one attached hydrogen (secondary N) is 2. The van der Waals surface area contributed by atoms with Gasteiger partial charge >= 0.3 is 5.97 Å². The van der Waals surface area contributed by atoms with Crippen LogP contribution >= 0.6 is 11.6 Å². The van der Waals surface area contributed by atoms with Gasteiger partial charge in [0.25, 0.3) is 11.8 Å². The lowest BCUT2D eigenvalue weighted by molar-refractivity contribution is -0.137. The number of piperazine rings is 1. The average molecular weight is 589 g/mol. The van der Waals surface area contributed by atoms with E-state index in [0.29, 0.717) is 48.0 Å². The second-order valence-corrected chi connectivity index (χ2v) is 11.3. The fourth-order valence-electron chi connectivity index (χ4n) is 5.10. The zero-order chi connectivity index (χ0) is 29.8. The number of carbonyl (C=O) groups excluding carboxylic acids is 3. The Morgan fingerprint density at radius 1 is 0.905 bits per heavy atom. The van der Waals surface area contributed by atoms with E-state index in [0.717, 1.165) is 24.1 Å². The quantitative estimate of drug-likeness (QED) is 0.327. The predicted molar refractivity (Wildman–Crippen MR) is 161 cm³/mol. The molecule has 42 heavy (non-hydrogen) atoms. The molecule has 2 fully saturated rings. The van der Waals surface area contributed by atoms with E-state index in [9.17, 15) is 24.3 Å². The molecule has 3 amide bonds. The topological polar surface area (TPSA) is 119 Å². The Labute approximate surface area is 249 Å². The molecule has 1 aliphatic heterocycles. The number of carbonyl (C=O) groups is 4. The molecule has 10 heteroatoms. The second kappa shape index (κ2) is 12.7. The summed E-state index contributed by atoms with van der Waals surface area (Å²) in [5, 5.41) is 15.7. The Morgan fingerprint density at radius 2 is 1.60 bits per heavy atom. The fourth-order valence-corrected chi connectivity index (χ4v) is 5.29. The Kier molecular flexibility index (Phi) is 8.77. The lowest BCUT2D eigenvalue weighted by Crippen LogP contribution is -2.49. The van der Waals surface area contributed by atoms with Crippen LogP contribution in [0.1, 0.15) is 57.1 Å². The van der Waals surface area contributed by atoms with Gasteiger partial charge in [0.2, 0.25) is 5.91 Å². The van der Waals surface area contributed by atoms with Crippen LogP contribution in [0.15, 0.2) is 66.7 Å². The van der Waals surface area contributed by atoms with Crippen LogP contribution in [0.25, 0.3) is 0 Å². The molecule has 0 aromatic heterocycles. The summed E-state index contributed by atoms with van der Waals surface area (Å²) >= 11 is 6.11. The van der Waals surface area contributed by atoms with E-state index in [2.05, 4.69) is 15.5 Å². The van der Waals surface area contributed by atoms with E-state index in [1.807, 2.05) is 24.0 Å². The van der Waals surface area contributed by atoms with Gasteiger partial charge in [-0.3, -0.25) is 19.2 Å². The molecule has 1 aliphatic carbocycles. The molecule has 9 nitrogen and oxygen atoms in total. The number of halogens is 1. The Bertz CT molecular complexity index is 1500. The van der Waals surface area contributed by atoms with Crippen LogP contribution in [0.4, 0.5) is 11.4 Å². The van der Waals surface area contributed by atoms with Gasteiger partial charge in [-0.05, 0) is 61.7 Å². The zero-order valence-electron chi connectivity index (χ0n) is 23.3. The maximum atomic E-state index is 13.4. The third-order valence-corrected chi connectivity index (χ3v) is 7.85. The first kappa shape index (κ1) is 29.1. The minimum atomic E-state index is -1.04. The fraction of sp³-hybridized carbons (Fsp3) is 0.312. The number of carboxylic acid groups (broad SMARTS) is 1. The molecule has 0 spiro atoms. The molecule has 1 atom stereocenters. The number of aliphatic carboxylic acids is 1. The van der Waals surface area contributed by atoms with Crippen molar-refractivity contribution in [2.75, 3.05) is 36.4 Å². The minimum Gasteiger partial charge on any atom is -0.481 e. The minimum absolute atomic E-state index is 0.159. The summed E-state index contributed by atoms with van der Waals surface area (Å²) in [5.74, 6) is -1.52. The first-order valence-electron chi connectivity index (χ1n) is 14.0. The van der Waals surface area contributed by atoms with Crippen LogP contribution in [-0.2, 0) is 9.59 Å². The van der Waals surface area contributed by atoms with Crippen molar-refractivity contribution in [2.45, 2.75) is 32.2 Å². The van der Waals surface area contributed by atoms with E-state index in [1.165, 1.54) is 0 Å². The summed E-state index contributed by atoms with van der Waals surface area (Å²) in [7, 11) is 0. The van der Waals surface area contributed by atoms with Gasteiger partial charge in [-0.1, -0.05) is 47.5 Å². The number of hydrogen-bond donors (Lipinski definition) is 3. The number of benzene rings is 3. The molecule has 3 N–H and O–H groups in total. The number of nitrogens with zero attached hydrogens (tertiary/aromatic N) is 2. The third kappa shape index (κ3) is 7.09. The molecule has 1 unspecified atom stereocenters. The van der Waals surface area contributed by atoms with Crippen molar-refractivity contribution in [3.63, 3.8) is 0 Å². The number of amides is 3. The van der Waals surface area contributed by atoms with Gasteiger partial charge in [-0.25, -0.2) is 0 Å². The second-order valence-electron chi connectivity index (χ2n) is 10.8. The number of rotatable bonds is 9. The van der Waals surface area contributed by atoms with Gasteiger partial charge in [0, 0.05) is 48.2 Å². The first-order valence-corrected chi connectivity index (χ1v) is 14.4. The zero-order valence-corrected chi connectivity index (χ0v) is 24.1. The lowest BCUT2D eigenvalue weighted by Gasteiger charge is -2.37. The van der Waals surface area contributed by atoms with Crippen LogP contribution < -0.4 is 15.5 Å². The number of carboxylic acids is 1. The SMILES string of the molecule is Cc1ccc(C(CC(=O)O)NC(=O)c2ccc(N3CCN(C(=O)C4CC4)CC3)c(NC(=O)c3cccc(Cl)c3)c2)cc1. The number of anilines is 2. The van der Waals surface area contributed by atoms with Gasteiger partial charge in [-0.15, -0.1) is 0 Å². The van der Waals surface area contributed by atoms with Gasteiger partial charge in [-0.2, -0.15) is 0 Å². The van der Waals surface area contributed by atoms with E-state index < -0.39 is 17.9 Å². The summed E-state index contributed by atoms with van der Waals surface area (Å²) in [6, 6.07) is 18.2. The van der Waals surface area contributed by atoms with Crippen molar-refractivity contribution in [1.29, 1.82) is 0 Å². The van der Waals surface area contributed by atoms with Crippen molar-refractivity contribution in [3.8, 4) is 0 Å². The van der Waals surface area contributed by atoms with Crippen LogP contribution in [0.5, 0.6) is 0 Å². The number of aryl methyl sites for hydroxylation is 1. The van der Waals surface area contributed by atoms with Crippen molar-refractivity contribution >= 4 is 46.7 Å². The smallest absolute Gasteiger partial charge is 0.305 e. The summed E-state index contributed by atoms with van der Waals surface area (Å²) < 4.78 is 0. The standard InChI is InChI=1S/C32H33ClN4O5/c1-20-5-7-21(8-6-20)26(19-29(38)39)34-31(41)24-11-12-28(36-13-15-37(16-14-36)32(42)22-9-10-22)27(18-24)35-30(40)23-3-2-4-25(33)17-23/h2-8,11-12,17-18,22,26H,9-10,13-16,19H2,1H3,(H,34,41)(H,35,40)(H,38,39). The molecule has 0 bridgehead atoms. The summed E-state index contributed by atoms with van der Waals surface area (Å²) in [6.45, 7) is 4.25. The van der Waals surface area contributed by atoms with Crippen LogP contribution in [0.3, 0.4) is 0 Å². The maximum Gasteiger partial charge on any atom is 0.305 e. The highest BCUT2D eigenvalue weighted by Crippen LogP contribution is 2.33. The molecule has 5 rings (SSSR count). The Balaban J connectivity index is 1.40. The third-order valence-electron chi connectivity index (χ3n) is 7.62. The largest absolute Gasteiger partial charge is 0.481 e. The molecule has 1 heterocycles. The average Bonchev–Trinajstić information content (AvgIpc) is 3.82. The van der Waals surface area contributed by atoms with E-state index in [4.69, 9.17) is 11.6 Å². The first-order chi connectivity index (χ1) is 20.2. The summed E-state index contributed by atoms with van der Waals surface area (Å²) in [5.41, 5.74) is 3.49. The van der Waals surface area contributed by atoms with E-state index >= 15 is 0 Å². The van der Waals surface area contributed by atoms with Crippen LogP contribution in [-0.4, -0.2) is 59.9 Å². The van der Waals surface area contributed by atoms with Gasteiger partial charge in [0.1, 0.15) is 0 Å². The highest BCUT2D eigenvalue weighted by molar-refractivity contribution is 6.31. The van der Waals surface area contributed by atoms with Gasteiger partial charge in [0.15, 0.2) is 0 Å². The molecular formula is C32H33ClN4O5. The molecule has 2 aliphatic rings. The molecular weight excluding hydrogens is 556 g/mol. The predicted octanol–water partition coefficient (Wildman–Crippen LogP) is 4.91. The van der Waals surface area contributed by atoms with E-state index in [-0.39, 0.29) is 29.7 Å².